The molecule has 0 bridgehead atoms. The van der Waals surface area contributed by atoms with E-state index in [-0.39, 0.29) is 11.9 Å². The van der Waals surface area contributed by atoms with Crippen LogP contribution in [0.15, 0.2) is 64.3 Å². The molecule has 4 rings (SSSR count). The topological polar surface area (TPSA) is 72.2 Å². The molecule has 0 heterocycles. The molecule has 2 aromatic carbocycles. The van der Waals surface area contributed by atoms with Crippen molar-refractivity contribution in [2.45, 2.75) is 41.5 Å². The summed E-state index contributed by atoms with van der Waals surface area (Å²) in [6, 6.07) is 13.3. The van der Waals surface area contributed by atoms with Crippen molar-refractivity contribution >= 4 is 81.0 Å². The highest BCUT2D eigenvalue weighted by Gasteiger charge is 2.68. The van der Waals surface area contributed by atoms with Crippen molar-refractivity contribution in [2.75, 3.05) is 12.0 Å². The maximum absolute atomic E-state index is 13.6. The molecule has 4 atom stereocenters. The van der Waals surface area contributed by atoms with Crippen LogP contribution in [-0.2, 0) is 20.4 Å². The number of amides is 2. The smallest absolute Gasteiger partial charge is 0.233 e. The lowest BCUT2D eigenvalue weighted by Crippen LogP contribution is -2.54. The molecule has 0 aromatic heterocycles. The van der Waals surface area contributed by atoms with Gasteiger partial charge < -0.3 is 11.1 Å². The Bertz CT molecular complexity index is 1300. The van der Waals surface area contributed by atoms with Crippen molar-refractivity contribution in [3.63, 3.8) is 0 Å². The highest BCUT2D eigenvalue weighted by atomic mass is 127. The normalized spacial score (nSPS) is 26.8. The van der Waals surface area contributed by atoms with Crippen molar-refractivity contribution in [3.8, 4) is 0 Å². The number of carbonyl (C=O) groups is 2. The van der Waals surface area contributed by atoms with E-state index in [9.17, 15) is 9.59 Å². The van der Waals surface area contributed by atoms with E-state index in [1.165, 1.54) is 0 Å². The summed E-state index contributed by atoms with van der Waals surface area (Å²) in [4.78, 5) is 26.8. The van der Waals surface area contributed by atoms with Crippen LogP contribution in [0.1, 0.15) is 35.6 Å². The van der Waals surface area contributed by atoms with E-state index < -0.39 is 27.0 Å². The van der Waals surface area contributed by atoms with Crippen LogP contribution in [0, 0.1) is 12.8 Å². The van der Waals surface area contributed by atoms with Gasteiger partial charge in [0.1, 0.15) is 9.75 Å². The van der Waals surface area contributed by atoms with E-state index in [1.807, 2.05) is 68.6 Å². The molecule has 4 unspecified atom stereocenters. The Balaban J connectivity index is 1.81. The molecule has 2 aliphatic carbocycles. The Morgan fingerprint density at radius 2 is 1.81 bits per heavy atom. The fourth-order valence-electron chi connectivity index (χ4n) is 5.46. The van der Waals surface area contributed by atoms with Gasteiger partial charge in [-0.3, -0.25) is 9.59 Å². The summed E-state index contributed by atoms with van der Waals surface area (Å²) < 4.78 is -0.230. The second-order valence-corrected chi connectivity index (χ2v) is 13.8. The zero-order valence-corrected chi connectivity index (χ0v) is 25.9. The number of alkyl halides is 2. The lowest BCUT2D eigenvalue weighted by Gasteiger charge is -2.39. The molecule has 196 valence electrons. The largest absolute Gasteiger partial charge is 0.369 e. The lowest BCUT2D eigenvalue weighted by molar-refractivity contribution is -0.132. The number of aryl methyl sites for hydroxylation is 1. The zero-order chi connectivity index (χ0) is 27.2. The van der Waals surface area contributed by atoms with Crippen molar-refractivity contribution < 1.29 is 9.59 Å². The monoisotopic (exact) mass is 688 g/mol. The number of benzene rings is 2. The molecule has 1 saturated carbocycles. The number of nitrogens with two attached hydrogens (primary N) is 1. The number of carbonyl (C=O) groups excluding carboxylic acids is 2. The molecule has 9 heteroatoms. The molecule has 2 aliphatic rings. The Labute approximate surface area is 250 Å². The summed E-state index contributed by atoms with van der Waals surface area (Å²) in [5.41, 5.74) is 7.57. The standard InChI is InChI=1S/C28H28Cl3IN2O2S/c1-16-13-19(27(15-28(27,30)31)18-6-9-20(29)10-7-18)8-11-21(16)26(25(33)36)12-4-5-22(32)23(26)24(35)34-17(2)14-37-3/h4-13,17,23H,14-15H2,1-3H3,(H2,33,36)(H,34,35). The summed E-state index contributed by atoms with van der Waals surface area (Å²) in [6.45, 7) is 3.88. The van der Waals surface area contributed by atoms with Crippen molar-refractivity contribution in [1.82, 2.24) is 5.32 Å². The summed E-state index contributed by atoms with van der Waals surface area (Å²) in [5.74, 6) is -0.829. The predicted molar refractivity (Wildman–Crippen MR) is 164 cm³/mol. The molecule has 0 aliphatic heterocycles. The Morgan fingerprint density at radius 1 is 1.19 bits per heavy atom. The summed E-state index contributed by atoms with van der Waals surface area (Å²) in [7, 11) is 0. The van der Waals surface area contributed by atoms with Gasteiger partial charge in [0.2, 0.25) is 11.8 Å². The lowest BCUT2D eigenvalue weighted by atomic mass is 9.65. The van der Waals surface area contributed by atoms with Gasteiger partial charge in [-0.05, 0) is 83.5 Å². The van der Waals surface area contributed by atoms with Crippen LogP contribution in [0.4, 0.5) is 0 Å². The fraction of sp³-hybridized carbons (Fsp3) is 0.357. The van der Waals surface area contributed by atoms with Crippen molar-refractivity contribution in [2.24, 2.45) is 11.7 Å². The van der Waals surface area contributed by atoms with E-state index in [2.05, 4.69) is 27.9 Å². The molecule has 0 saturated heterocycles. The minimum atomic E-state index is -1.34. The molecular weight excluding hydrogens is 662 g/mol. The number of hydrogen-bond donors (Lipinski definition) is 2. The number of hydrogen-bond acceptors (Lipinski definition) is 3. The number of thioether (sulfide) groups is 1. The Hall–Kier alpha value is -1.19. The van der Waals surface area contributed by atoms with Gasteiger partial charge in [0.05, 0.1) is 11.3 Å². The van der Waals surface area contributed by atoms with E-state index in [1.54, 1.807) is 23.9 Å². The van der Waals surface area contributed by atoms with Crippen LogP contribution in [0.3, 0.4) is 0 Å². The highest BCUT2D eigenvalue weighted by Crippen LogP contribution is 2.68. The number of allylic oxidation sites excluding steroid dienone is 2. The third kappa shape index (κ3) is 4.97. The maximum atomic E-state index is 13.6. The molecule has 2 amide bonds. The first kappa shape index (κ1) is 28.8. The third-order valence-electron chi connectivity index (χ3n) is 7.31. The van der Waals surface area contributed by atoms with Crippen LogP contribution in [0.5, 0.6) is 0 Å². The molecule has 37 heavy (non-hydrogen) atoms. The zero-order valence-electron chi connectivity index (χ0n) is 20.7. The van der Waals surface area contributed by atoms with Crippen LogP contribution < -0.4 is 11.1 Å². The number of primary amides is 1. The first-order chi connectivity index (χ1) is 17.4. The van der Waals surface area contributed by atoms with E-state index in [4.69, 9.17) is 40.5 Å². The van der Waals surface area contributed by atoms with Crippen LogP contribution >= 0.6 is 69.2 Å². The third-order valence-corrected chi connectivity index (χ3v) is 10.3. The second kappa shape index (κ2) is 10.8. The van der Waals surface area contributed by atoms with E-state index in [0.29, 0.717) is 17.0 Å². The second-order valence-electron chi connectivity index (χ2n) is 9.77. The van der Waals surface area contributed by atoms with Crippen molar-refractivity contribution in [3.05, 3.63) is 91.5 Å². The van der Waals surface area contributed by atoms with Gasteiger partial charge in [-0.1, -0.05) is 60.2 Å². The Kier molecular flexibility index (Phi) is 8.38. The SMILES string of the molecule is CSCC(C)NC(=O)C1C(I)=CC=CC1(C(N)=O)c1ccc(C2(c3ccc(Cl)cc3)CC2(Cl)Cl)cc1C. The number of halogens is 4. The summed E-state index contributed by atoms with van der Waals surface area (Å²) >= 11 is 23.4. The number of nitrogens with one attached hydrogen (secondary N) is 1. The molecule has 0 radical (unpaired) electrons. The molecule has 3 N–H and O–H groups in total. The van der Waals surface area contributed by atoms with Gasteiger partial charge >= 0.3 is 0 Å². The van der Waals surface area contributed by atoms with Gasteiger partial charge in [-0.25, -0.2) is 0 Å². The average molecular weight is 690 g/mol. The van der Waals surface area contributed by atoms with E-state index >= 15 is 0 Å². The van der Waals surface area contributed by atoms with Gasteiger partial charge in [0, 0.05) is 20.4 Å². The first-order valence-corrected chi connectivity index (χ1v) is 15.4. The fourth-order valence-corrected chi connectivity index (χ4v) is 7.99. The van der Waals surface area contributed by atoms with Crippen molar-refractivity contribution in [1.29, 1.82) is 0 Å². The average Bonchev–Trinajstić information content (AvgIpc) is 3.42. The van der Waals surface area contributed by atoms with Gasteiger partial charge in [-0.15, -0.1) is 23.2 Å². The van der Waals surface area contributed by atoms with E-state index in [0.717, 1.165) is 26.0 Å². The predicted octanol–water partition coefficient (Wildman–Crippen LogP) is 6.61. The van der Waals surface area contributed by atoms with Crippen LogP contribution in [-0.4, -0.2) is 34.2 Å². The minimum Gasteiger partial charge on any atom is -0.369 e. The maximum Gasteiger partial charge on any atom is 0.233 e. The molecule has 0 spiro atoms. The molecular formula is C28H28Cl3IN2O2S. The molecule has 4 nitrogen and oxygen atoms in total. The molecule has 2 aromatic rings. The number of rotatable bonds is 8. The summed E-state index contributed by atoms with van der Waals surface area (Å²) in [5, 5.41) is 3.70. The van der Waals surface area contributed by atoms with Crippen LogP contribution in [0.2, 0.25) is 5.02 Å². The Morgan fingerprint density at radius 3 is 2.35 bits per heavy atom. The van der Waals surface area contributed by atoms with Gasteiger partial charge in [-0.2, -0.15) is 11.8 Å². The summed E-state index contributed by atoms with van der Waals surface area (Å²) in [6.07, 6.45) is 7.94. The van der Waals surface area contributed by atoms with Gasteiger partial charge in [0.15, 0.2) is 0 Å². The minimum absolute atomic E-state index is 0.0543. The quantitative estimate of drug-likeness (QED) is 0.242. The highest BCUT2D eigenvalue weighted by molar-refractivity contribution is 14.1. The molecule has 1 fully saturated rings. The van der Waals surface area contributed by atoms with Crippen LogP contribution in [0.25, 0.3) is 0 Å². The van der Waals surface area contributed by atoms with Gasteiger partial charge in [0.25, 0.3) is 0 Å². The first-order valence-electron chi connectivity index (χ1n) is 11.8.